The normalized spacial score (nSPS) is 10.2. The lowest BCUT2D eigenvalue weighted by molar-refractivity contribution is 0.112. The molecule has 110 valence electrons. The van der Waals surface area contributed by atoms with Crippen molar-refractivity contribution in [3.63, 3.8) is 0 Å². The van der Waals surface area contributed by atoms with Crippen molar-refractivity contribution in [1.82, 2.24) is 0 Å². The van der Waals surface area contributed by atoms with Crippen molar-refractivity contribution in [3.8, 4) is 11.5 Å². The number of aryl methyl sites for hydroxylation is 1. The summed E-state index contributed by atoms with van der Waals surface area (Å²) in [6.07, 6.45) is 0.749. The number of hydrogen-bond acceptors (Lipinski definition) is 3. The van der Waals surface area contributed by atoms with E-state index < -0.39 is 0 Å². The molecule has 0 amide bonds. The monoisotopic (exact) mass is 304 g/mol. The Kier molecular flexibility index (Phi) is 5.23. The second-order valence-corrected chi connectivity index (χ2v) is 5.11. The van der Waals surface area contributed by atoms with Gasteiger partial charge in [0.2, 0.25) is 0 Å². The zero-order valence-corrected chi connectivity index (χ0v) is 12.8. The van der Waals surface area contributed by atoms with Gasteiger partial charge in [-0.25, -0.2) is 0 Å². The maximum atomic E-state index is 10.6. The molecule has 0 aliphatic heterocycles. The van der Waals surface area contributed by atoms with Crippen molar-refractivity contribution in [2.45, 2.75) is 13.8 Å². The van der Waals surface area contributed by atoms with Gasteiger partial charge in [-0.15, -0.1) is 0 Å². The summed E-state index contributed by atoms with van der Waals surface area (Å²) in [5.74, 6) is 1.41. The molecule has 0 saturated heterocycles. The van der Waals surface area contributed by atoms with Crippen LogP contribution in [0.15, 0.2) is 36.4 Å². The Hall–Kier alpha value is -2.00. The van der Waals surface area contributed by atoms with Gasteiger partial charge in [0.15, 0.2) is 0 Å². The number of benzene rings is 2. The van der Waals surface area contributed by atoms with Crippen LogP contribution in [0.3, 0.4) is 0 Å². The number of aldehydes is 1. The third-order valence-electron chi connectivity index (χ3n) is 3.25. The summed E-state index contributed by atoms with van der Waals surface area (Å²) in [6.45, 7) is 4.89. The van der Waals surface area contributed by atoms with Crippen LogP contribution in [0.2, 0.25) is 5.02 Å². The SMILES string of the molecule is Cc1cccc(OCCOc2ccc(C=O)cc2Cl)c1C. The van der Waals surface area contributed by atoms with Crippen molar-refractivity contribution in [2.24, 2.45) is 0 Å². The highest BCUT2D eigenvalue weighted by molar-refractivity contribution is 6.32. The third-order valence-corrected chi connectivity index (χ3v) is 3.54. The molecular weight excluding hydrogens is 288 g/mol. The lowest BCUT2D eigenvalue weighted by Gasteiger charge is -2.12. The molecule has 0 aliphatic rings. The number of carbonyl (C=O) groups excluding carboxylic acids is 1. The van der Waals surface area contributed by atoms with E-state index in [-0.39, 0.29) is 0 Å². The number of hydrogen-bond donors (Lipinski definition) is 0. The van der Waals surface area contributed by atoms with Crippen molar-refractivity contribution in [2.75, 3.05) is 13.2 Å². The Balaban J connectivity index is 1.87. The fourth-order valence-electron chi connectivity index (χ4n) is 1.89. The van der Waals surface area contributed by atoms with Gasteiger partial charge < -0.3 is 9.47 Å². The first-order chi connectivity index (χ1) is 10.1. The highest BCUT2D eigenvalue weighted by Gasteiger charge is 2.04. The van der Waals surface area contributed by atoms with Gasteiger partial charge >= 0.3 is 0 Å². The molecule has 0 unspecified atom stereocenters. The van der Waals surface area contributed by atoms with Crippen LogP contribution in [0.5, 0.6) is 11.5 Å². The highest BCUT2D eigenvalue weighted by atomic mass is 35.5. The standard InChI is InChI=1S/C17H17ClO3/c1-12-4-3-5-16(13(12)2)20-8-9-21-17-7-6-14(11-19)10-15(17)18/h3-7,10-11H,8-9H2,1-2H3. The van der Waals surface area contributed by atoms with E-state index in [9.17, 15) is 4.79 Å². The average Bonchev–Trinajstić information content (AvgIpc) is 2.49. The first kappa shape index (κ1) is 15.4. The number of carbonyl (C=O) groups is 1. The van der Waals surface area contributed by atoms with Crippen LogP contribution in [0, 0.1) is 13.8 Å². The van der Waals surface area contributed by atoms with Gasteiger partial charge in [-0.2, -0.15) is 0 Å². The molecule has 0 fully saturated rings. The van der Waals surface area contributed by atoms with E-state index in [1.807, 2.05) is 32.0 Å². The first-order valence-corrected chi connectivity index (χ1v) is 7.06. The Morgan fingerprint density at radius 3 is 2.43 bits per heavy atom. The predicted molar refractivity (Wildman–Crippen MR) is 83.7 cm³/mol. The van der Waals surface area contributed by atoms with Crippen LogP contribution in [0.25, 0.3) is 0 Å². The van der Waals surface area contributed by atoms with Gasteiger partial charge in [0, 0.05) is 5.56 Å². The van der Waals surface area contributed by atoms with E-state index in [0.29, 0.717) is 29.5 Å². The lowest BCUT2D eigenvalue weighted by atomic mass is 10.1. The van der Waals surface area contributed by atoms with Crippen LogP contribution >= 0.6 is 11.6 Å². The molecule has 0 heterocycles. The van der Waals surface area contributed by atoms with Crippen molar-refractivity contribution in [1.29, 1.82) is 0 Å². The number of ether oxygens (including phenoxy) is 2. The third kappa shape index (κ3) is 3.99. The topological polar surface area (TPSA) is 35.5 Å². The van der Waals surface area contributed by atoms with Gasteiger partial charge in [-0.3, -0.25) is 4.79 Å². The number of rotatable bonds is 6. The average molecular weight is 305 g/mol. The molecule has 2 aromatic carbocycles. The Bertz CT molecular complexity index is 638. The highest BCUT2D eigenvalue weighted by Crippen LogP contribution is 2.25. The van der Waals surface area contributed by atoms with Gasteiger partial charge in [0.25, 0.3) is 0 Å². The lowest BCUT2D eigenvalue weighted by Crippen LogP contribution is -2.10. The summed E-state index contributed by atoms with van der Waals surface area (Å²) in [5, 5.41) is 0.423. The fraction of sp³-hybridized carbons (Fsp3) is 0.235. The zero-order chi connectivity index (χ0) is 15.2. The molecule has 21 heavy (non-hydrogen) atoms. The van der Waals surface area contributed by atoms with Gasteiger partial charge in [0.1, 0.15) is 31.0 Å². The van der Waals surface area contributed by atoms with Crippen molar-refractivity contribution in [3.05, 3.63) is 58.1 Å². The minimum atomic E-state index is 0.382. The molecule has 3 nitrogen and oxygen atoms in total. The van der Waals surface area contributed by atoms with E-state index in [0.717, 1.165) is 17.6 Å². The van der Waals surface area contributed by atoms with Gasteiger partial charge in [0.05, 0.1) is 5.02 Å². The molecule has 2 rings (SSSR count). The van der Waals surface area contributed by atoms with E-state index in [4.69, 9.17) is 21.1 Å². The second kappa shape index (κ2) is 7.14. The van der Waals surface area contributed by atoms with Gasteiger partial charge in [-0.1, -0.05) is 23.7 Å². The Labute approximate surface area is 129 Å². The largest absolute Gasteiger partial charge is 0.490 e. The molecule has 4 heteroatoms. The van der Waals surface area contributed by atoms with E-state index >= 15 is 0 Å². The summed E-state index contributed by atoms with van der Waals surface area (Å²) in [7, 11) is 0. The zero-order valence-electron chi connectivity index (χ0n) is 12.1. The predicted octanol–water partition coefficient (Wildman–Crippen LogP) is 4.23. The molecule has 0 aromatic heterocycles. The summed E-state index contributed by atoms with van der Waals surface area (Å²) in [5.41, 5.74) is 2.85. The molecule has 0 N–H and O–H groups in total. The minimum absolute atomic E-state index is 0.382. The van der Waals surface area contributed by atoms with Crippen molar-refractivity contribution < 1.29 is 14.3 Å². The number of halogens is 1. The molecule has 0 bridgehead atoms. The fourth-order valence-corrected chi connectivity index (χ4v) is 2.13. The Morgan fingerprint density at radius 1 is 1.05 bits per heavy atom. The summed E-state index contributed by atoms with van der Waals surface area (Å²) < 4.78 is 11.3. The molecule has 0 saturated carbocycles. The first-order valence-electron chi connectivity index (χ1n) is 6.68. The van der Waals surface area contributed by atoms with Crippen LogP contribution in [0.1, 0.15) is 21.5 Å². The van der Waals surface area contributed by atoms with Crippen LogP contribution in [-0.4, -0.2) is 19.5 Å². The molecule has 0 atom stereocenters. The molecule has 0 aliphatic carbocycles. The Morgan fingerprint density at radius 2 is 1.76 bits per heavy atom. The van der Waals surface area contributed by atoms with Crippen LogP contribution in [-0.2, 0) is 0 Å². The van der Waals surface area contributed by atoms with Crippen molar-refractivity contribution >= 4 is 17.9 Å². The molecular formula is C17H17ClO3. The quantitative estimate of drug-likeness (QED) is 0.592. The molecule has 0 spiro atoms. The summed E-state index contributed by atoms with van der Waals surface area (Å²) in [4.78, 5) is 10.6. The van der Waals surface area contributed by atoms with Crippen LogP contribution in [0.4, 0.5) is 0 Å². The van der Waals surface area contributed by atoms with E-state index in [2.05, 4.69) is 0 Å². The van der Waals surface area contributed by atoms with E-state index in [1.165, 1.54) is 5.56 Å². The maximum absolute atomic E-state index is 10.6. The maximum Gasteiger partial charge on any atom is 0.150 e. The molecule has 0 radical (unpaired) electrons. The summed E-state index contributed by atoms with van der Waals surface area (Å²) >= 11 is 6.03. The van der Waals surface area contributed by atoms with Gasteiger partial charge in [-0.05, 0) is 49.2 Å². The minimum Gasteiger partial charge on any atom is -0.490 e. The summed E-state index contributed by atoms with van der Waals surface area (Å²) in [6, 6.07) is 10.9. The second-order valence-electron chi connectivity index (χ2n) is 4.70. The van der Waals surface area contributed by atoms with E-state index in [1.54, 1.807) is 18.2 Å². The van der Waals surface area contributed by atoms with Crippen LogP contribution < -0.4 is 9.47 Å². The molecule has 2 aromatic rings. The smallest absolute Gasteiger partial charge is 0.150 e.